The molecule has 33 heavy (non-hydrogen) atoms. The van der Waals surface area contributed by atoms with Gasteiger partial charge in [0, 0.05) is 23.2 Å². The van der Waals surface area contributed by atoms with E-state index in [-0.39, 0.29) is 12.1 Å². The summed E-state index contributed by atoms with van der Waals surface area (Å²) in [5.41, 5.74) is 4.96. The minimum Gasteiger partial charge on any atom is -0.302 e. The molecule has 2 aromatic carbocycles. The number of fused-ring (bicyclic) bond motifs is 6. The number of para-hydroxylation sites is 2. The number of aryl methyl sites for hydroxylation is 1. The Morgan fingerprint density at radius 2 is 1.03 bits per heavy atom. The number of allylic oxidation sites excluding steroid dienone is 4. The Bertz CT molecular complexity index is 1280. The van der Waals surface area contributed by atoms with E-state index in [1.54, 1.807) is 0 Å². The fourth-order valence-electron chi connectivity index (χ4n) is 5.71. The highest BCUT2D eigenvalue weighted by atomic mass is 15.4. The molecule has 0 saturated heterocycles. The van der Waals surface area contributed by atoms with Crippen LogP contribution in [0.25, 0.3) is 0 Å². The summed E-state index contributed by atoms with van der Waals surface area (Å²) in [5.74, 6) is 2.73. The zero-order valence-electron chi connectivity index (χ0n) is 18.3. The van der Waals surface area contributed by atoms with E-state index < -0.39 is 0 Å². The highest BCUT2D eigenvalue weighted by Crippen LogP contribution is 2.49. The molecule has 4 unspecified atom stereocenters. The van der Waals surface area contributed by atoms with Gasteiger partial charge in [-0.3, -0.25) is 0 Å². The molecule has 5 nitrogen and oxygen atoms in total. The van der Waals surface area contributed by atoms with Crippen LogP contribution in [-0.2, 0) is 0 Å². The van der Waals surface area contributed by atoms with E-state index in [1.807, 2.05) is 6.92 Å². The van der Waals surface area contributed by atoms with E-state index in [1.165, 1.54) is 22.5 Å². The molecule has 0 saturated carbocycles. The van der Waals surface area contributed by atoms with E-state index in [9.17, 15) is 0 Å². The fourth-order valence-corrected chi connectivity index (χ4v) is 5.71. The SMILES string of the molecule is Cc1nc(N2c3ccccc3C3C=CC=CC32)nc(N2c3ccccc3C3C=CC=CC32)n1. The summed E-state index contributed by atoms with van der Waals surface area (Å²) in [4.78, 5) is 19.3. The van der Waals surface area contributed by atoms with Crippen molar-refractivity contribution < 1.29 is 0 Å². The monoisotopic (exact) mass is 429 g/mol. The molecule has 7 rings (SSSR count). The van der Waals surface area contributed by atoms with Crippen LogP contribution in [0.4, 0.5) is 23.3 Å². The summed E-state index contributed by atoms with van der Waals surface area (Å²) < 4.78 is 0. The predicted molar refractivity (Wildman–Crippen MR) is 131 cm³/mol. The van der Waals surface area contributed by atoms with Crippen molar-refractivity contribution in [3.05, 3.63) is 114 Å². The first-order valence-corrected chi connectivity index (χ1v) is 11.5. The number of hydrogen-bond acceptors (Lipinski definition) is 5. The molecule has 160 valence electrons. The number of nitrogens with zero attached hydrogens (tertiary/aromatic N) is 5. The third-order valence-corrected chi connectivity index (χ3v) is 7.07. The van der Waals surface area contributed by atoms with Gasteiger partial charge in [-0.15, -0.1) is 0 Å². The van der Waals surface area contributed by atoms with Gasteiger partial charge in [-0.1, -0.05) is 85.0 Å². The molecule has 1 aromatic heterocycles. The van der Waals surface area contributed by atoms with Gasteiger partial charge in [-0.05, 0) is 30.2 Å². The highest BCUT2D eigenvalue weighted by molar-refractivity contribution is 5.75. The number of rotatable bonds is 2. The largest absolute Gasteiger partial charge is 0.302 e. The molecular formula is C28H23N5. The molecule has 0 N–H and O–H groups in total. The molecule has 2 aliphatic carbocycles. The average Bonchev–Trinajstić information content (AvgIpc) is 3.37. The zero-order valence-corrected chi connectivity index (χ0v) is 18.3. The lowest BCUT2D eigenvalue weighted by Crippen LogP contribution is -2.33. The van der Waals surface area contributed by atoms with Gasteiger partial charge >= 0.3 is 0 Å². The van der Waals surface area contributed by atoms with Crippen molar-refractivity contribution in [3.63, 3.8) is 0 Å². The second kappa shape index (κ2) is 7.01. The van der Waals surface area contributed by atoms with Gasteiger partial charge in [-0.25, -0.2) is 0 Å². The second-order valence-electron chi connectivity index (χ2n) is 8.91. The Morgan fingerprint density at radius 3 is 1.55 bits per heavy atom. The Hall–Kier alpha value is -3.99. The molecule has 0 spiro atoms. The van der Waals surface area contributed by atoms with E-state index in [2.05, 4.69) is 107 Å². The molecule has 3 heterocycles. The standard InChI is InChI=1S/C28H23N5/c1-18-29-27(32-23-14-6-2-10-19(23)20-11-3-7-15-24(20)32)31-28(30-18)33-25-16-8-4-12-21(25)22-13-5-9-17-26(22)33/h2-17,19,21,23,25H,1H3. The minimum atomic E-state index is 0.165. The predicted octanol–water partition coefficient (Wildman–Crippen LogP) is 5.64. The summed E-state index contributed by atoms with van der Waals surface area (Å²) in [5, 5.41) is 0. The number of hydrogen-bond donors (Lipinski definition) is 0. The number of anilines is 4. The Morgan fingerprint density at radius 1 is 0.576 bits per heavy atom. The van der Waals surface area contributed by atoms with E-state index >= 15 is 0 Å². The van der Waals surface area contributed by atoms with Crippen LogP contribution in [0, 0.1) is 6.92 Å². The van der Waals surface area contributed by atoms with E-state index in [0.717, 1.165) is 5.82 Å². The molecule has 0 amide bonds. The van der Waals surface area contributed by atoms with Gasteiger partial charge in [0.2, 0.25) is 11.9 Å². The first kappa shape index (κ1) is 18.6. The Labute approximate surface area is 193 Å². The van der Waals surface area contributed by atoms with Crippen LogP contribution in [0.3, 0.4) is 0 Å². The van der Waals surface area contributed by atoms with Crippen LogP contribution in [0.15, 0.2) is 97.1 Å². The van der Waals surface area contributed by atoms with Gasteiger partial charge in [0.25, 0.3) is 0 Å². The van der Waals surface area contributed by atoms with Crippen LogP contribution in [0.5, 0.6) is 0 Å². The van der Waals surface area contributed by atoms with E-state index in [0.29, 0.717) is 23.7 Å². The normalized spacial score (nSPS) is 25.7. The maximum Gasteiger partial charge on any atom is 0.235 e. The van der Waals surface area contributed by atoms with Gasteiger partial charge in [0.05, 0.1) is 12.1 Å². The van der Waals surface area contributed by atoms with Crippen LogP contribution in [0.2, 0.25) is 0 Å². The fraction of sp³-hybridized carbons (Fsp3) is 0.179. The van der Waals surface area contributed by atoms with Crippen molar-refractivity contribution >= 4 is 23.3 Å². The van der Waals surface area contributed by atoms with E-state index in [4.69, 9.17) is 15.0 Å². The van der Waals surface area contributed by atoms with Crippen molar-refractivity contribution in [2.45, 2.75) is 30.8 Å². The molecule has 0 fully saturated rings. The van der Waals surface area contributed by atoms with Crippen LogP contribution in [0.1, 0.15) is 28.8 Å². The van der Waals surface area contributed by atoms with Gasteiger partial charge < -0.3 is 9.80 Å². The minimum absolute atomic E-state index is 0.165. The lowest BCUT2D eigenvalue weighted by Gasteiger charge is -2.29. The van der Waals surface area contributed by atoms with Crippen molar-refractivity contribution in [1.82, 2.24) is 15.0 Å². The first-order valence-electron chi connectivity index (χ1n) is 11.5. The summed E-state index contributed by atoms with van der Waals surface area (Å²) >= 11 is 0. The van der Waals surface area contributed by atoms with Crippen LogP contribution < -0.4 is 9.80 Å². The molecule has 2 aliphatic heterocycles. The van der Waals surface area contributed by atoms with Gasteiger partial charge in [0.1, 0.15) is 5.82 Å². The van der Waals surface area contributed by atoms with Crippen molar-refractivity contribution in [3.8, 4) is 0 Å². The molecule has 5 heteroatoms. The zero-order chi connectivity index (χ0) is 21.9. The molecule has 4 atom stereocenters. The summed E-state index contributed by atoms with van der Waals surface area (Å²) in [7, 11) is 0. The quantitative estimate of drug-likeness (QED) is 0.528. The first-order chi connectivity index (χ1) is 16.3. The smallest absolute Gasteiger partial charge is 0.235 e. The second-order valence-corrected chi connectivity index (χ2v) is 8.91. The van der Waals surface area contributed by atoms with Gasteiger partial charge in [-0.2, -0.15) is 15.0 Å². The van der Waals surface area contributed by atoms with Gasteiger partial charge in [0.15, 0.2) is 0 Å². The van der Waals surface area contributed by atoms with Crippen LogP contribution >= 0.6 is 0 Å². The highest BCUT2D eigenvalue weighted by Gasteiger charge is 2.41. The topological polar surface area (TPSA) is 45.2 Å². The average molecular weight is 430 g/mol. The maximum atomic E-state index is 5.09. The third-order valence-electron chi connectivity index (χ3n) is 7.07. The molecule has 3 aromatic rings. The Balaban J connectivity index is 1.38. The lowest BCUT2D eigenvalue weighted by molar-refractivity contribution is 0.706. The van der Waals surface area contributed by atoms with Crippen molar-refractivity contribution in [1.29, 1.82) is 0 Å². The number of benzene rings is 2. The lowest BCUT2D eigenvalue weighted by atomic mass is 9.91. The summed E-state index contributed by atoms with van der Waals surface area (Å²) in [6.07, 6.45) is 17.6. The molecular weight excluding hydrogens is 406 g/mol. The maximum absolute atomic E-state index is 5.09. The Kier molecular flexibility index (Phi) is 3.94. The third kappa shape index (κ3) is 2.68. The summed E-state index contributed by atoms with van der Waals surface area (Å²) in [6, 6.07) is 17.5. The van der Waals surface area contributed by atoms with Crippen LogP contribution in [-0.4, -0.2) is 27.0 Å². The number of aromatic nitrogens is 3. The van der Waals surface area contributed by atoms with Crippen molar-refractivity contribution in [2.24, 2.45) is 0 Å². The summed E-state index contributed by atoms with van der Waals surface area (Å²) in [6.45, 7) is 1.96. The van der Waals surface area contributed by atoms with Crippen molar-refractivity contribution in [2.75, 3.05) is 9.80 Å². The molecule has 4 aliphatic rings. The molecule has 0 bridgehead atoms. The molecule has 0 radical (unpaired) electrons.